The van der Waals surface area contributed by atoms with Gasteiger partial charge in [-0.25, -0.2) is 14.5 Å². The van der Waals surface area contributed by atoms with Crippen LogP contribution >= 0.6 is 0 Å². The number of piperidine rings is 1. The highest BCUT2D eigenvalue weighted by molar-refractivity contribution is 6.28. The molecule has 2 aromatic rings. The number of methoxy groups -OCH3 is 2. The number of ether oxygens (including phenoxy) is 3. The Morgan fingerprint density at radius 2 is 1.50 bits per heavy atom. The molecule has 3 amide bonds. The third-order valence-electron chi connectivity index (χ3n) is 8.40. The Bertz CT molecular complexity index is 1490. The molecule has 0 N–H and O–H groups in total. The molecule has 40 heavy (non-hydrogen) atoms. The summed E-state index contributed by atoms with van der Waals surface area (Å²) in [7, 11) is 2.33. The van der Waals surface area contributed by atoms with Gasteiger partial charge in [-0.15, -0.1) is 0 Å². The van der Waals surface area contributed by atoms with E-state index in [0.717, 1.165) is 12.0 Å². The number of imide groups is 1. The number of allylic oxidation sites excluding steroid dienone is 1. The summed E-state index contributed by atoms with van der Waals surface area (Å²) in [5.41, 5.74) is -1.05. The number of carbonyl (C=O) groups is 5. The number of anilines is 1. The molecule has 4 heterocycles. The van der Waals surface area contributed by atoms with E-state index in [-0.39, 0.29) is 12.1 Å². The Balaban J connectivity index is 1.67. The SMILES string of the molecule is CCN1C(C)=C(C(=O)OC)[C@@H](c2ccccc2)N2C(=O)[C@@]3(C(=O)OC)O[C@@]12[C@@H]1C(=O)N(c2ccccc2)C(=O)[C@@H]13. The number of para-hydroxylation sites is 1. The van der Waals surface area contributed by atoms with Crippen LogP contribution in [0.4, 0.5) is 5.69 Å². The molecule has 11 nitrogen and oxygen atoms in total. The standard InChI is InChI=1S/C29H27N3O8/c1-5-30-16(2)19(25(35)38-3)22(17-12-8-6-9-13-17)32-26(36)28(27(37)39-4)20-21(29(30,32)40-28)24(34)31(23(20)33)18-14-10-7-11-15-18/h6-15,20-22H,5H2,1-4H3/t20-,21+,22-,28+,29+/m1/s1. The van der Waals surface area contributed by atoms with Gasteiger partial charge in [0.25, 0.3) is 11.5 Å². The summed E-state index contributed by atoms with van der Waals surface area (Å²) in [6, 6.07) is 16.0. The first-order valence-electron chi connectivity index (χ1n) is 12.9. The van der Waals surface area contributed by atoms with Crippen molar-refractivity contribution in [3.63, 3.8) is 0 Å². The molecular formula is C29H27N3O8. The molecule has 0 saturated carbocycles. The molecule has 0 unspecified atom stereocenters. The lowest BCUT2D eigenvalue weighted by Crippen LogP contribution is -2.70. The predicted octanol–water partition coefficient (Wildman–Crippen LogP) is 1.75. The minimum atomic E-state index is -2.44. The second kappa shape index (κ2) is 8.75. The van der Waals surface area contributed by atoms with Gasteiger partial charge in [-0.1, -0.05) is 48.5 Å². The van der Waals surface area contributed by atoms with Crippen LogP contribution < -0.4 is 4.90 Å². The van der Waals surface area contributed by atoms with Gasteiger partial charge in [0, 0.05) is 12.2 Å². The van der Waals surface area contributed by atoms with E-state index in [1.165, 1.54) is 12.0 Å². The third-order valence-corrected chi connectivity index (χ3v) is 8.40. The second-order valence-electron chi connectivity index (χ2n) is 10.0. The zero-order valence-corrected chi connectivity index (χ0v) is 22.3. The first-order chi connectivity index (χ1) is 19.2. The fraction of sp³-hybridized carbons (Fsp3) is 0.345. The molecule has 3 saturated heterocycles. The van der Waals surface area contributed by atoms with Gasteiger partial charge in [0.05, 0.1) is 31.5 Å². The fourth-order valence-electron chi connectivity index (χ4n) is 6.91. The quantitative estimate of drug-likeness (QED) is 0.314. The van der Waals surface area contributed by atoms with Crippen molar-refractivity contribution in [3.05, 3.63) is 77.5 Å². The van der Waals surface area contributed by atoms with E-state index >= 15 is 0 Å². The predicted molar refractivity (Wildman–Crippen MR) is 138 cm³/mol. The van der Waals surface area contributed by atoms with Crippen LogP contribution in [0.25, 0.3) is 0 Å². The molecule has 0 radical (unpaired) electrons. The molecule has 0 aromatic heterocycles. The molecule has 3 fully saturated rings. The fourth-order valence-corrected chi connectivity index (χ4v) is 6.91. The summed E-state index contributed by atoms with van der Waals surface area (Å²) < 4.78 is 16.7. The Morgan fingerprint density at radius 3 is 2.08 bits per heavy atom. The van der Waals surface area contributed by atoms with Crippen molar-refractivity contribution in [1.29, 1.82) is 0 Å². The highest BCUT2D eigenvalue weighted by Gasteiger charge is 2.88. The number of fused-ring (bicyclic) bond motifs is 3. The van der Waals surface area contributed by atoms with Crippen LogP contribution in [0.3, 0.4) is 0 Å². The monoisotopic (exact) mass is 545 g/mol. The average molecular weight is 546 g/mol. The summed E-state index contributed by atoms with van der Waals surface area (Å²) in [5, 5.41) is 0. The van der Waals surface area contributed by atoms with Crippen molar-refractivity contribution in [2.24, 2.45) is 11.8 Å². The number of benzene rings is 2. The molecule has 0 aliphatic carbocycles. The number of nitrogens with zero attached hydrogens (tertiary/aromatic N) is 3. The van der Waals surface area contributed by atoms with Gasteiger partial charge >= 0.3 is 11.9 Å². The van der Waals surface area contributed by atoms with E-state index in [1.54, 1.807) is 79.4 Å². The Morgan fingerprint density at radius 1 is 0.900 bits per heavy atom. The molecule has 2 bridgehead atoms. The van der Waals surface area contributed by atoms with Crippen molar-refractivity contribution in [1.82, 2.24) is 9.80 Å². The first kappa shape index (κ1) is 25.8. The maximum atomic E-state index is 14.6. The number of esters is 2. The normalized spacial score (nSPS) is 30.6. The topological polar surface area (TPSA) is 123 Å². The van der Waals surface area contributed by atoms with Gasteiger partial charge in [0.2, 0.25) is 17.7 Å². The second-order valence-corrected chi connectivity index (χ2v) is 10.0. The van der Waals surface area contributed by atoms with E-state index in [1.807, 2.05) is 0 Å². The van der Waals surface area contributed by atoms with Crippen LogP contribution in [-0.4, -0.2) is 71.7 Å². The number of carbonyl (C=O) groups excluding carboxylic acids is 5. The Hall–Kier alpha value is -4.51. The van der Waals surface area contributed by atoms with Crippen molar-refractivity contribution in [2.75, 3.05) is 25.7 Å². The van der Waals surface area contributed by atoms with Gasteiger partial charge in [-0.3, -0.25) is 19.3 Å². The lowest BCUT2D eigenvalue weighted by atomic mass is 9.73. The van der Waals surface area contributed by atoms with Gasteiger partial charge in [0.1, 0.15) is 11.8 Å². The summed E-state index contributed by atoms with van der Waals surface area (Å²) in [6.45, 7) is 3.61. The molecular weight excluding hydrogens is 518 g/mol. The van der Waals surface area contributed by atoms with E-state index in [0.29, 0.717) is 16.9 Å². The smallest absolute Gasteiger partial charge is 0.349 e. The summed E-state index contributed by atoms with van der Waals surface area (Å²) in [5.74, 6) is -8.66. The van der Waals surface area contributed by atoms with Crippen LogP contribution in [-0.2, 0) is 38.2 Å². The van der Waals surface area contributed by atoms with Gasteiger partial charge in [-0.05, 0) is 31.5 Å². The van der Waals surface area contributed by atoms with E-state index < -0.39 is 59.0 Å². The lowest BCUT2D eigenvalue weighted by molar-refractivity contribution is -0.222. The van der Waals surface area contributed by atoms with Crippen LogP contribution in [0.15, 0.2) is 71.9 Å². The zero-order chi connectivity index (χ0) is 28.6. The van der Waals surface area contributed by atoms with Crippen molar-refractivity contribution in [2.45, 2.75) is 31.3 Å². The molecule has 5 atom stereocenters. The van der Waals surface area contributed by atoms with Gasteiger partial charge in [0.15, 0.2) is 0 Å². The maximum absolute atomic E-state index is 14.6. The minimum Gasteiger partial charge on any atom is -0.466 e. The summed E-state index contributed by atoms with van der Waals surface area (Å²) in [4.78, 5) is 73.6. The van der Waals surface area contributed by atoms with E-state index in [4.69, 9.17) is 14.2 Å². The average Bonchev–Trinajstić information content (AvgIpc) is 3.54. The Labute approximate surface area is 229 Å². The van der Waals surface area contributed by atoms with Crippen LogP contribution in [0.2, 0.25) is 0 Å². The zero-order valence-electron chi connectivity index (χ0n) is 22.3. The number of rotatable bonds is 5. The van der Waals surface area contributed by atoms with Gasteiger partial charge < -0.3 is 19.1 Å². The summed E-state index contributed by atoms with van der Waals surface area (Å²) in [6.07, 6.45) is 0. The van der Waals surface area contributed by atoms with Crippen LogP contribution in [0.5, 0.6) is 0 Å². The highest BCUT2D eigenvalue weighted by atomic mass is 16.6. The summed E-state index contributed by atoms with van der Waals surface area (Å²) >= 11 is 0. The first-order valence-corrected chi connectivity index (χ1v) is 12.9. The molecule has 1 spiro atoms. The number of hydrogen-bond donors (Lipinski definition) is 0. The van der Waals surface area contributed by atoms with E-state index in [9.17, 15) is 24.0 Å². The molecule has 11 heteroatoms. The maximum Gasteiger partial charge on any atom is 0.349 e. The molecule has 2 aromatic carbocycles. The van der Waals surface area contributed by atoms with Crippen LogP contribution in [0.1, 0.15) is 25.5 Å². The largest absolute Gasteiger partial charge is 0.466 e. The van der Waals surface area contributed by atoms with Crippen molar-refractivity contribution in [3.8, 4) is 0 Å². The lowest BCUT2D eigenvalue weighted by Gasteiger charge is -2.55. The Kier molecular flexibility index (Phi) is 5.63. The van der Waals surface area contributed by atoms with Crippen LogP contribution in [0, 0.1) is 11.8 Å². The van der Waals surface area contributed by atoms with Gasteiger partial charge in [-0.2, -0.15) is 0 Å². The van der Waals surface area contributed by atoms with Crippen molar-refractivity contribution >= 4 is 35.3 Å². The number of amides is 3. The molecule has 206 valence electrons. The molecule has 4 aliphatic heterocycles. The van der Waals surface area contributed by atoms with Crippen molar-refractivity contribution < 1.29 is 38.2 Å². The third kappa shape index (κ3) is 2.84. The minimum absolute atomic E-state index is 0.152. The molecule has 6 rings (SSSR count). The highest BCUT2D eigenvalue weighted by Crippen LogP contribution is 2.65. The number of hydrogen-bond acceptors (Lipinski definition) is 9. The van der Waals surface area contributed by atoms with E-state index in [2.05, 4.69) is 0 Å². The molecule has 4 aliphatic rings.